The number of amides is 2. The van der Waals surface area contributed by atoms with Crippen LogP contribution in [0.4, 0.5) is 0 Å². The summed E-state index contributed by atoms with van der Waals surface area (Å²) in [5, 5.41) is 3.24. The zero-order valence-electron chi connectivity index (χ0n) is 11.9. The van der Waals surface area contributed by atoms with Gasteiger partial charge in [0.2, 0.25) is 11.8 Å². The van der Waals surface area contributed by atoms with Crippen LogP contribution in [0.3, 0.4) is 0 Å². The van der Waals surface area contributed by atoms with Crippen LogP contribution in [0.1, 0.15) is 34.1 Å². The van der Waals surface area contributed by atoms with E-state index >= 15 is 0 Å². The molecule has 0 aromatic carbocycles. The van der Waals surface area contributed by atoms with Crippen molar-refractivity contribution < 1.29 is 9.59 Å². The van der Waals surface area contributed by atoms with Gasteiger partial charge in [-0.15, -0.1) is 0 Å². The molecule has 4 nitrogen and oxygen atoms in total. The lowest BCUT2D eigenvalue weighted by atomic mass is 9.86. The van der Waals surface area contributed by atoms with E-state index in [9.17, 15) is 9.59 Å². The molecular formula is C13H24N2O2S. The molecule has 1 N–H and O–H groups in total. The maximum Gasteiger partial charge on any atom is 0.245 e. The van der Waals surface area contributed by atoms with Crippen molar-refractivity contribution >= 4 is 23.6 Å². The van der Waals surface area contributed by atoms with Crippen molar-refractivity contribution in [3.05, 3.63) is 0 Å². The van der Waals surface area contributed by atoms with E-state index in [0.29, 0.717) is 24.8 Å². The van der Waals surface area contributed by atoms with Gasteiger partial charge in [-0.1, -0.05) is 27.7 Å². The quantitative estimate of drug-likeness (QED) is 0.847. The fourth-order valence-corrected chi connectivity index (χ4v) is 2.31. The van der Waals surface area contributed by atoms with E-state index in [1.807, 2.05) is 31.9 Å². The molecule has 2 unspecified atom stereocenters. The molecule has 18 heavy (non-hydrogen) atoms. The Morgan fingerprint density at radius 1 is 1.44 bits per heavy atom. The van der Waals surface area contributed by atoms with Gasteiger partial charge in [0.15, 0.2) is 0 Å². The van der Waals surface area contributed by atoms with Gasteiger partial charge in [0.1, 0.15) is 6.04 Å². The molecule has 1 aliphatic heterocycles. The molecule has 1 saturated heterocycles. The highest BCUT2D eigenvalue weighted by atomic mass is 32.2. The Morgan fingerprint density at radius 3 is 2.56 bits per heavy atom. The van der Waals surface area contributed by atoms with E-state index in [1.54, 1.807) is 11.8 Å². The van der Waals surface area contributed by atoms with Crippen LogP contribution in [0.2, 0.25) is 0 Å². The molecule has 0 spiro atoms. The van der Waals surface area contributed by atoms with Crippen molar-refractivity contribution in [1.29, 1.82) is 0 Å². The molecule has 0 aromatic heterocycles. The van der Waals surface area contributed by atoms with Crippen LogP contribution in [-0.2, 0) is 9.59 Å². The maximum absolute atomic E-state index is 12.5. The molecule has 0 aromatic rings. The average molecular weight is 272 g/mol. The molecule has 0 bridgehead atoms. The van der Waals surface area contributed by atoms with Gasteiger partial charge in [-0.2, -0.15) is 11.8 Å². The predicted molar refractivity (Wildman–Crippen MR) is 75.6 cm³/mol. The normalized spacial score (nSPS) is 23.6. The van der Waals surface area contributed by atoms with Gasteiger partial charge in [-0.05, 0) is 11.7 Å². The number of nitrogens with zero attached hydrogens (tertiary/aromatic N) is 1. The van der Waals surface area contributed by atoms with E-state index in [-0.39, 0.29) is 17.2 Å². The summed E-state index contributed by atoms with van der Waals surface area (Å²) in [6, 6.07) is -0.415. The fraction of sp³-hybridized carbons (Fsp3) is 0.846. The Morgan fingerprint density at radius 2 is 2.06 bits per heavy atom. The summed E-state index contributed by atoms with van der Waals surface area (Å²) in [4.78, 5) is 26.0. The van der Waals surface area contributed by atoms with Crippen molar-refractivity contribution in [3.8, 4) is 0 Å². The third-order valence-electron chi connectivity index (χ3n) is 3.22. The molecule has 0 radical (unpaired) electrons. The molecule has 5 heteroatoms. The van der Waals surface area contributed by atoms with Gasteiger partial charge in [0, 0.05) is 24.8 Å². The largest absolute Gasteiger partial charge is 0.344 e. The Labute approximate surface area is 114 Å². The van der Waals surface area contributed by atoms with Crippen LogP contribution in [0.25, 0.3) is 0 Å². The molecule has 1 heterocycles. The van der Waals surface area contributed by atoms with Crippen LogP contribution in [0.15, 0.2) is 0 Å². The first-order chi connectivity index (χ1) is 8.25. The Balaban J connectivity index is 2.86. The zero-order chi connectivity index (χ0) is 13.9. The van der Waals surface area contributed by atoms with Gasteiger partial charge < -0.3 is 10.2 Å². The molecule has 0 aliphatic carbocycles. The topological polar surface area (TPSA) is 49.4 Å². The number of carbonyl (C=O) groups is 2. The number of hydrogen-bond acceptors (Lipinski definition) is 3. The third kappa shape index (κ3) is 3.90. The van der Waals surface area contributed by atoms with Crippen LogP contribution in [-0.4, -0.2) is 47.4 Å². The first-order valence-corrected chi connectivity index (χ1v) is 7.65. The number of carbonyl (C=O) groups excluding carboxylic acids is 2. The van der Waals surface area contributed by atoms with E-state index in [4.69, 9.17) is 0 Å². The van der Waals surface area contributed by atoms with Gasteiger partial charge in [0.05, 0.1) is 0 Å². The van der Waals surface area contributed by atoms with E-state index in [1.165, 1.54) is 0 Å². The third-order valence-corrected chi connectivity index (χ3v) is 4.17. The molecule has 1 aliphatic rings. The van der Waals surface area contributed by atoms with Crippen LogP contribution in [0, 0.1) is 5.41 Å². The van der Waals surface area contributed by atoms with E-state index in [2.05, 4.69) is 12.2 Å². The lowest BCUT2D eigenvalue weighted by Crippen LogP contribution is -2.52. The maximum atomic E-state index is 12.5. The summed E-state index contributed by atoms with van der Waals surface area (Å²) in [6.07, 6.45) is 2.44. The van der Waals surface area contributed by atoms with Crippen molar-refractivity contribution in [1.82, 2.24) is 10.2 Å². The monoisotopic (exact) mass is 272 g/mol. The first kappa shape index (κ1) is 15.3. The van der Waals surface area contributed by atoms with E-state index < -0.39 is 6.04 Å². The summed E-state index contributed by atoms with van der Waals surface area (Å²) in [5.41, 5.74) is -0.252. The van der Waals surface area contributed by atoms with Gasteiger partial charge in [0.25, 0.3) is 0 Å². The number of hydrogen-bond donors (Lipinski definition) is 1. The van der Waals surface area contributed by atoms with Gasteiger partial charge >= 0.3 is 0 Å². The van der Waals surface area contributed by atoms with Crippen molar-refractivity contribution in [2.75, 3.05) is 19.3 Å². The summed E-state index contributed by atoms with van der Waals surface area (Å²) < 4.78 is 0. The predicted octanol–water partition coefficient (Wildman–Crippen LogP) is 1.50. The van der Waals surface area contributed by atoms with Crippen LogP contribution < -0.4 is 5.32 Å². The Kier molecular flexibility index (Phi) is 5.08. The minimum atomic E-state index is -0.415. The first-order valence-electron chi connectivity index (χ1n) is 6.36. The smallest absolute Gasteiger partial charge is 0.245 e. The van der Waals surface area contributed by atoms with Crippen molar-refractivity contribution in [3.63, 3.8) is 0 Å². The van der Waals surface area contributed by atoms with Crippen molar-refractivity contribution in [2.45, 2.75) is 45.4 Å². The second kappa shape index (κ2) is 5.95. The Bertz CT molecular complexity index is 325. The minimum Gasteiger partial charge on any atom is -0.344 e. The highest BCUT2D eigenvalue weighted by Crippen LogP contribution is 2.23. The molecule has 1 fully saturated rings. The van der Waals surface area contributed by atoms with Gasteiger partial charge in [-0.3, -0.25) is 9.59 Å². The summed E-state index contributed by atoms with van der Waals surface area (Å²) >= 11 is 1.74. The van der Waals surface area contributed by atoms with Crippen LogP contribution >= 0.6 is 11.8 Å². The second-order valence-electron chi connectivity index (χ2n) is 5.95. The molecule has 0 saturated carbocycles. The van der Waals surface area contributed by atoms with E-state index in [0.717, 1.165) is 0 Å². The molecule has 2 amide bonds. The standard InChI is InChI=1S/C13H24N2O2S/c1-9(18-5)8-15-7-6-10(16)14-11(12(15)17)13(2,3)4/h9,11H,6-8H2,1-5H3,(H,14,16). The lowest BCUT2D eigenvalue weighted by molar-refractivity contribution is -0.136. The molecule has 2 atom stereocenters. The second-order valence-corrected chi connectivity index (χ2v) is 7.22. The summed E-state index contributed by atoms with van der Waals surface area (Å²) in [6.45, 7) is 9.29. The number of thioether (sulfide) groups is 1. The summed E-state index contributed by atoms with van der Waals surface area (Å²) in [5.74, 6) is 0.0248. The molecule has 104 valence electrons. The fourth-order valence-electron chi connectivity index (χ4n) is 1.98. The minimum absolute atomic E-state index is 0.0254. The highest BCUT2D eigenvalue weighted by Gasteiger charge is 2.37. The highest BCUT2D eigenvalue weighted by molar-refractivity contribution is 7.99. The summed E-state index contributed by atoms with van der Waals surface area (Å²) in [7, 11) is 0. The zero-order valence-corrected chi connectivity index (χ0v) is 12.8. The SMILES string of the molecule is CSC(C)CN1CCC(=O)NC(C(C)(C)C)C1=O. The molecular weight excluding hydrogens is 248 g/mol. The number of rotatable bonds is 3. The average Bonchev–Trinajstić information content (AvgIpc) is 2.41. The van der Waals surface area contributed by atoms with Gasteiger partial charge in [-0.25, -0.2) is 0 Å². The van der Waals surface area contributed by atoms with Crippen molar-refractivity contribution in [2.24, 2.45) is 5.41 Å². The lowest BCUT2D eigenvalue weighted by Gasteiger charge is -2.33. The van der Waals surface area contributed by atoms with Crippen LogP contribution in [0.5, 0.6) is 0 Å². The Hall–Kier alpha value is -0.710. The molecule has 1 rings (SSSR count). The number of nitrogens with one attached hydrogen (secondary N) is 1.